The first-order valence-electron chi connectivity index (χ1n) is 8.70. The highest BCUT2D eigenvalue weighted by atomic mass is 32.1. The Morgan fingerprint density at radius 1 is 1.28 bits per heavy atom. The van der Waals surface area contributed by atoms with Gasteiger partial charge in [0.25, 0.3) is 12.3 Å². The number of carbonyl (C=O) groups excluding carboxylic acids is 1. The third-order valence-corrected chi connectivity index (χ3v) is 5.21. The largest absolute Gasteiger partial charge is 0.320 e. The summed E-state index contributed by atoms with van der Waals surface area (Å²) in [6.45, 7) is 3.18. The van der Waals surface area contributed by atoms with Gasteiger partial charge < -0.3 is 10.6 Å². The van der Waals surface area contributed by atoms with Crippen LogP contribution in [0, 0.1) is 13.8 Å². The minimum atomic E-state index is -2.49. The number of amides is 1. The number of nitrogens with zero attached hydrogens (tertiary/aromatic N) is 4. The molecule has 150 valence electrons. The molecule has 29 heavy (non-hydrogen) atoms. The molecule has 1 aromatic carbocycles. The van der Waals surface area contributed by atoms with Crippen LogP contribution in [0.3, 0.4) is 0 Å². The maximum atomic E-state index is 12.7. The van der Waals surface area contributed by atoms with E-state index in [0.717, 1.165) is 27.8 Å². The summed E-state index contributed by atoms with van der Waals surface area (Å²) in [6, 6.07) is 3.80. The molecule has 8 nitrogen and oxygen atoms in total. The number of thiazole rings is 1. The second kappa shape index (κ2) is 7.59. The number of anilines is 3. The fraction of sp³-hybridized carbons (Fsp3) is 0.222. The number of halogens is 2. The Kier molecular flexibility index (Phi) is 4.97. The summed E-state index contributed by atoms with van der Waals surface area (Å²) in [6.07, 6.45) is 2.17. The molecule has 3 heterocycles. The minimum Gasteiger partial charge on any atom is -0.320 e. The van der Waals surface area contributed by atoms with Gasteiger partial charge in [-0.1, -0.05) is 17.4 Å². The van der Waals surface area contributed by atoms with Crippen molar-refractivity contribution in [2.24, 2.45) is 0 Å². The van der Waals surface area contributed by atoms with Crippen LogP contribution in [0.1, 0.15) is 20.8 Å². The molecule has 11 heteroatoms. The van der Waals surface area contributed by atoms with Crippen molar-refractivity contribution in [2.75, 3.05) is 10.6 Å². The third-order valence-electron chi connectivity index (χ3n) is 4.30. The normalized spacial score (nSPS) is 11.3. The summed E-state index contributed by atoms with van der Waals surface area (Å²) in [5.41, 5.74) is 3.13. The molecule has 0 aliphatic heterocycles. The maximum absolute atomic E-state index is 12.7. The molecule has 4 aromatic rings. The Morgan fingerprint density at radius 3 is 2.90 bits per heavy atom. The van der Waals surface area contributed by atoms with Gasteiger partial charge in [0.2, 0.25) is 0 Å². The molecule has 0 saturated carbocycles. The van der Waals surface area contributed by atoms with Gasteiger partial charge in [0.15, 0.2) is 10.9 Å². The molecule has 3 aromatic heterocycles. The number of nitrogens with one attached hydrogen (secondary N) is 3. The first kappa shape index (κ1) is 19.0. The fourth-order valence-electron chi connectivity index (χ4n) is 2.89. The highest BCUT2D eigenvalue weighted by Gasteiger charge is 2.16. The summed E-state index contributed by atoms with van der Waals surface area (Å²) < 4.78 is 26.2. The first-order valence-corrected chi connectivity index (χ1v) is 9.51. The number of benzene rings is 1. The molecule has 1 amide bonds. The van der Waals surface area contributed by atoms with Crippen LogP contribution in [0.5, 0.6) is 0 Å². The number of rotatable bonds is 6. The van der Waals surface area contributed by atoms with E-state index in [1.54, 1.807) is 13.1 Å². The molecular weight excluding hydrogens is 400 g/mol. The summed E-state index contributed by atoms with van der Waals surface area (Å²) in [5.74, 6) is 0.123. The molecule has 0 spiro atoms. The van der Waals surface area contributed by atoms with E-state index in [0.29, 0.717) is 27.1 Å². The van der Waals surface area contributed by atoms with E-state index in [4.69, 9.17) is 0 Å². The Morgan fingerprint density at radius 2 is 2.10 bits per heavy atom. The minimum absolute atomic E-state index is 0.299. The second-order valence-electron chi connectivity index (χ2n) is 6.47. The van der Waals surface area contributed by atoms with Crippen molar-refractivity contribution in [3.05, 3.63) is 46.7 Å². The lowest BCUT2D eigenvalue weighted by Gasteiger charge is -2.08. The lowest BCUT2D eigenvalue weighted by molar-refractivity contribution is 0.103. The van der Waals surface area contributed by atoms with Crippen molar-refractivity contribution in [3.8, 4) is 0 Å². The van der Waals surface area contributed by atoms with Crippen LogP contribution in [-0.4, -0.2) is 37.3 Å². The van der Waals surface area contributed by atoms with E-state index in [1.807, 2.05) is 19.1 Å². The highest BCUT2D eigenvalue weighted by molar-refractivity contribution is 7.17. The van der Waals surface area contributed by atoms with Gasteiger partial charge in [-0.2, -0.15) is 10.2 Å². The average molecular weight is 417 g/mol. The van der Waals surface area contributed by atoms with Crippen LogP contribution in [-0.2, 0) is 6.54 Å². The quantitative estimate of drug-likeness (QED) is 0.439. The molecule has 3 N–H and O–H groups in total. The lowest BCUT2D eigenvalue weighted by atomic mass is 10.1. The highest BCUT2D eigenvalue weighted by Crippen LogP contribution is 2.28. The van der Waals surface area contributed by atoms with E-state index in [-0.39, 0.29) is 5.91 Å². The van der Waals surface area contributed by atoms with Crippen molar-refractivity contribution in [1.82, 2.24) is 25.0 Å². The monoisotopic (exact) mass is 417 g/mol. The molecule has 0 fully saturated rings. The lowest BCUT2D eigenvalue weighted by Crippen LogP contribution is -2.11. The molecule has 0 atom stereocenters. The third kappa shape index (κ3) is 3.94. The SMILES string of the molecule is Cc1cn(CC(F)F)nc1Nc1ncc(C(=O)Nc2c(C)ccc3[nH]ncc23)s1. The number of alkyl halides is 2. The zero-order valence-electron chi connectivity index (χ0n) is 15.5. The van der Waals surface area contributed by atoms with Gasteiger partial charge in [-0.05, 0) is 25.5 Å². The Labute approximate surface area is 168 Å². The molecule has 4 rings (SSSR count). The summed E-state index contributed by atoms with van der Waals surface area (Å²) in [4.78, 5) is 17.3. The van der Waals surface area contributed by atoms with Gasteiger partial charge in [-0.25, -0.2) is 13.8 Å². The zero-order chi connectivity index (χ0) is 20.5. The Hall–Kier alpha value is -3.34. The zero-order valence-corrected chi connectivity index (χ0v) is 16.3. The van der Waals surface area contributed by atoms with Gasteiger partial charge in [-0.15, -0.1) is 0 Å². The van der Waals surface area contributed by atoms with Crippen molar-refractivity contribution in [1.29, 1.82) is 0 Å². The molecule has 0 saturated heterocycles. The smallest absolute Gasteiger partial charge is 0.267 e. The predicted molar refractivity (Wildman–Crippen MR) is 107 cm³/mol. The van der Waals surface area contributed by atoms with E-state index >= 15 is 0 Å². The van der Waals surface area contributed by atoms with E-state index < -0.39 is 13.0 Å². The number of hydrogen-bond donors (Lipinski definition) is 3. The molecule has 0 bridgehead atoms. The average Bonchev–Trinajstić information content (AvgIpc) is 3.38. The molecule has 0 radical (unpaired) electrons. The summed E-state index contributed by atoms with van der Waals surface area (Å²) >= 11 is 1.15. The first-order chi connectivity index (χ1) is 13.9. The maximum Gasteiger partial charge on any atom is 0.267 e. The van der Waals surface area contributed by atoms with Crippen molar-refractivity contribution >= 4 is 44.8 Å². The van der Waals surface area contributed by atoms with Crippen LogP contribution < -0.4 is 10.6 Å². The van der Waals surface area contributed by atoms with Gasteiger partial charge in [0.1, 0.15) is 11.4 Å². The van der Waals surface area contributed by atoms with Crippen LogP contribution in [0.4, 0.5) is 25.4 Å². The number of aromatic amines is 1. The van der Waals surface area contributed by atoms with Crippen LogP contribution >= 0.6 is 11.3 Å². The number of aromatic nitrogens is 5. The van der Waals surface area contributed by atoms with Gasteiger partial charge in [-0.3, -0.25) is 14.6 Å². The number of carbonyl (C=O) groups is 1. The predicted octanol–water partition coefficient (Wildman–Crippen LogP) is 4.09. The van der Waals surface area contributed by atoms with E-state index in [2.05, 4.69) is 30.9 Å². The van der Waals surface area contributed by atoms with Gasteiger partial charge >= 0.3 is 0 Å². The molecule has 0 aliphatic carbocycles. The van der Waals surface area contributed by atoms with Gasteiger partial charge in [0, 0.05) is 17.1 Å². The van der Waals surface area contributed by atoms with Crippen molar-refractivity contribution in [3.63, 3.8) is 0 Å². The second-order valence-corrected chi connectivity index (χ2v) is 7.50. The number of hydrogen-bond acceptors (Lipinski definition) is 6. The Balaban J connectivity index is 1.50. The van der Waals surface area contributed by atoms with E-state index in [9.17, 15) is 13.6 Å². The van der Waals surface area contributed by atoms with Crippen molar-refractivity contribution in [2.45, 2.75) is 26.8 Å². The van der Waals surface area contributed by atoms with Crippen LogP contribution in [0.25, 0.3) is 10.9 Å². The Bertz CT molecular complexity index is 1180. The fourth-order valence-corrected chi connectivity index (χ4v) is 3.60. The summed E-state index contributed by atoms with van der Waals surface area (Å²) in [5, 5.41) is 18.1. The standard InChI is InChI=1S/C18H17F2N7OS/c1-9-3-4-12-11(5-22-25-12)15(9)23-17(28)13-6-21-18(29-13)24-16-10(2)7-27(26-16)8-14(19)20/h3-7,14H,8H2,1-2H3,(H,22,25)(H,23,28)(H,21,24,26). The van der Waals surface area contributed by atoms with Crippen molar-refractivity contribution < 1.29 is 13.6 Å². The topological polar surface area (TPSA) is 101 Å². The molecule has 0 unspecified atom stereocenters. The molecular formula is C18H17F2N7OS. The van der Waals surface area contributed by atoms with Gasteiger partial charge in [0.05, 0.1) is 23.6 Å². The number of H-pyrrole nitrogens is 1. The number of fused-ring (bicyclic) bond motifs is 1. The number of aryl methyl sites for hydroxylation is 2. The van der Waals surface area contributed by atoms with E-state index in [1.165, 1.54) is 17.1 Å². The molecule has 0 aliphatic rings. The van der Waals surface area contributed by atoms with Crippen LogP contribution in [0.2, 0.25) is 0 Å². The van der Waals surface area contributed by atoms with Crippen LogP contribution in [0.15, 0.2) is 30.7 Å². The summed E-state index contributed by atoms with van der Waals surface area (Å²) in [7, 11) is 0.